The Hall–Kier alpha value is -1.42. The molecule has 0 aromatic carbocycles. The quantitative estimate of drug-likeness (QED) is 0.743. The van der Waals surface area contributed by atoms with Crippen molar-refractivity contribution in [1.29, 1.82) is 5.26 Å². The molecule has 0 aliphatic heterocycles. The average Bonchev–Trinajstić information content (AvgIpc) is 2.26. The van der Waals surface area contributed by atoms with Crippen LogP contribution in [-0.2, 0) is 4.65 Å². The third-order valence-electron chi connectivity index (χ3n) is 3.12. The first-order chi connectivity index (χ1) is 8.19. The number of hydrogen-bond donors (Lipinski definition) is 2. The standard InChI is InChI=1S/C12H17BN2O3/c1-11(2,16)12(3,4)18-13(17)10-8-15-6-5-9(10)7-14/h5-6,8,16-17H,1-4H3. The van der Waals surface area contributed by atoms with Crippen molar-refractivity contribution in [3.8, 4) is 6.07 Å². The Balaban J connectivity index is 2.97. The van der Waals surface area contributed by atoms with Crippen molar-refractivity contribution in [3.63, 3.8) is 0 Å². The van der Waals surface area contributed by atoms with Gasteiger partial charge in [-0.15, -0.1) is 0 Å². The highest BCUT2D eigenvalue weighted by Gasteiger charge is 2.40. The van der Waals surface area contributed by atoms with E-state index in [1.165, 1.54) is 18.5 Å². The zero-order valence-corrected chi connectivity index (χ0v) is 11.0. The van der Waals surface area contributed by atoms with E-state index in [2.05, 4.69) is 4.98 Å². The zero-order chi connectivity index (χ0) is 14.0. The van der Waals surface area contributed by atoms with Gasteiger partial charge in [-0.05, 0) is 33.8 Å². The van der Waals surface area contributed by atoms with Gasteiger partial charge in [0.05, 0.1) is 22.8 Å². The largest absolute Gasteiger partial charge is 0.494 e. The molecule has 6 heteroatoms. The minimum Gasteiger partial charge on any atom is -0.423 e. The summed E-state index contributed by atoms with van der Waals surface area (Å²) in [5, 5.41) is 28.9. The molecule has 96 valence electrons. The van der Waals surface area contributed by atoms with Crippen LogP contribution < -0.4 is 5.46 Å². The molecule has 0 aliphatic rings. The summed E-state index contributed by atoms with van der Waals surface area (Å²) in [6.07, 6.45) is 2.85. The van der Waals surface area contributed by atoms with E-state index >= 15 is 0 Å². The molecule has 18 heavy (non-hydrogen) atoms. The Morgan fingerprint density at radius 3 is 2.50 bits per heavy atom. The van der Waals surface area contributed by atoms with Crippen molar-refractivity contribution in [2.75, 3.05) is 0 Å². The van der Waals surface area contributed by atoms with Gasteiger partial charge < -0.3 is 14.8 Å². The van der Waals surface area contributed by atoms with Crippen molar-refractivity contribution >= 4 is 12.6 Å². The first-order valence-electron chi connectivity index (χ1n) is 5.61. The topological polar surface area (TPSA) is 86.4 Å². The zero-order valence-electron chi connectivity index (χ0n) is 11.0. The van der Waals surface area contributed by atoms with Gasteiger partial charge in [0, 0.05) is 17.9 Å². The highest BCUT2D eigenvalue weighted by molar-refractivity contribution is 6.60. The molecule has 0 bridgehead atoms. The highest BCUT2D eigenvalue weighted by atomic mass is 16.5. The number of hydrogen-bond acceptors (Lipinski definition) is 5. The van der Waals surface area contributed by atoms with Gasteiger partial charge in [0.15, 0.2) is 0 Å². The summed E-state index contributed by atoms with van der Waals surface area (Å²) in [5.74, 6) is 0. The second-order valence-electron chi connectivity index (χ2n) is 5.11. The molecule has 2 N–H and O–H groups in total. The van der Waals surface area contributed by atoms with Gasteiger partial charge in [-0.2, -0.15) is 5.26 Å². The minimum atomic E-state index is -1.31. The monoisotopic (exact) mass is 248 g/mol. The van der Waals surface area contributed by atoms with Crippen LogP contribution in [0.15, 0.2) is 18.5 Å². The van der Waals surface area contributed by atoms with Crippen LogP contribution in [-0.4, -0.2) is 33.4 Å². The van der Waals surface area contributed by atoms with Crippen molar-refractivity contribution in [2.24, 2.45) is 0 Å². The Labute approximate surface area is 107 Å². The van der Waals surface area contributed by atoms with E-state index in [-0.39, 0.29) is 5.46 Å². The SMILES string of the molecule is CC(C)(O)C(C)(C)OB(O)c1cnccc1C#N. The number of aliphatic hydroxyl groups is 1. The smallest absolute Gasteiger partial charge is 0.423 e. The number of pyridine rings is 1. The van der Waals surface area contributed by atoms with Gasteiger partial charge in [-0.3, -0.25) is 4.98 Å². The van der Waals surface area contributed by atoms with Gasteiger partial charge in [-0.25, -0.2) is 0 Å². The Morgan fingerprint density at radius 1 is 1.39 bits per heavy atom. The summed E-state index contributed by atoms with van der Waals surface area (Å²) in [6.45, 7) is 6.51. The fourth-order valence-corrected chi connectivity index (χ4v) is 1.19. The fourth-order valence-electron chi connectivity index (χ4n) is 1.19. The molecule has 0 aliphatic carbocycles. The molecule has 1 heterocycles. The van der Waals surface area contributed by atoms with Crippen LogP contribution in [0.5, 0.6) is 0 Å². The van der Waals surface area contributed by atoms with Gasteiger partial charge in [-0.1, -0.05) is 0 Å². The number of aromatic nitrogens is 1. The van der Waals surface area contributed by atoms with Crippen molar-refractivity contribution < 1.29 is 14.8 Å². The average molecular weight is 248 g/mol. The van der Waals surface area contributed by atoms with Gasteiger partial charge in [0.2, 0.25) is 0 Å². The third kappa shape index (κ3) is 3.08. The van der Waals surface area contributed by atoms with Crippen LogP contribution >= 0.6 is 0 Å². The number of nitriles is 1. The minimum absolute atomic E-state index is 0.289. The Morgan fingerprint density at radius 2 is 2.00 bits per heavy atom. The summed E-state index contributed by atoms with van der Waals surface area (Å²) in [6, 6.07) is 3.46. The molecule has 5 nitrogen and oxygen atoms in total. The predicted molar refractivity (Wildman–Crippen MR) is 68.0 cm³/mol. The predicted octanol–water partition coefficient (Wildman–Crippen LogP) is 0.207. The van der Waals surface area contributed by atoms with Crippen molar-refractivity contribution in [2.45, 2.75) is 38.9 Å². The molecule has 0 amide bonds. The van der Waals surface area contributed by atoms with Crippen LogP contribution in [0.2, 0.25) is 0 Å². The second kappa shape index (κ2) is 5.06. The first kappa shape index (κ1) is 14.6. The lowest BCUT2D eigenvalue weighted by molar-refractivity contribution is -0.0982. The van der Waals surface area contributed by atoms with E-state index in [1.54, 1.807) is 27.7 Å². The third-order valence-corrected chi connectivity index (χ3v) is 3.12. The molecule has 0 unspecified atom stereocenters. The highest BCUT2D eigenvalue weighted by Crippen LogP contribution is 2.25. The lowest BCUT2D eigenvalue weighted by Crippen LogP contribution is -2.53. The maximum absolute atomic E-state index is 10.0. The van der Waals surface area contributed by atoms with Crippen LogP contribution in [0, 0.1) is 11.3 Å². The molecule has 0 saturated carbocycles. The van der Waals surface area contributed by atoms with Crippen molar-refractivity contribution in [3.05, 3.63) is 24.0 Å². The summed E-state index contributed by atoms with van der Waals surface area (Å²) in [7, 11) is -1.31. The molecule has 1 aromatic heterocycles. The Bertz CT molecular complexity index is 463. The number of rotatable bonds is 4. The van der Waals surface area contributed by atoms with Gasteiger partial charge in [0.25, 0.3) is 0 Å². The summed E-state index contributed by atoms with van der Waals surface area (Å²) >= 11 is 0. The number of nitrogens with zero attached hydrogens (tertiary/aromatic N) is 2. The summed E-state index contributed by atoms with van der Waals surface area (Å²) < 4.78 is 5.45. The molecule has 1 rings (SSSR count). The Kier molecular flexibility index (Phi) is 4.12. The van der Waals surface area contributed by atoms with Crippen LogP contribution in [0.1, 0.15) is 33.3 Å². The molecular formula is C12H17BN2O3. The normalized spacial score (nSPS) is 12.1. The van der Waals surface area contributed by atoms with E-state index in [0.717, 1.165) is 0 Å². The lowest BCUT2D eigenvalue weighted by atomic mass is 9.75. The first-order valence-corrected chi connectivity index (χ1v) is 5.61. The fraction of sp³-hybridized carbons (Fsp3) is 0.500. The molecule has 1 aromatic rings. The van der Waals surface area contributed by atoms with Gasteiger partial charge in [0.1, 0.15) is 0 Å². The van der Waals surface area contributed by atoms with Crippen molar-refractivity contribution in [1.82, 2.24) is 4.98 Å². The van der Waals surface area contributed by atoms with E-state index in [1.807, 2.05) is 6.07 Å². The molecular weight excluding hydrogens is 231 g/mol. The van der Waals surface area contributed by atoms with Gasteiger partial charge >= 0.3 is 7.12 Å². The van der Waals surface area contributed by atoms with Crippen LogP contribution in [0.3, 0.4) is 0 Å². The summed E-state index contributed by atoms with van der Waals surface area (Å²) in [4.78, 5) is 3.85. The molecule has 0 saturated heterocycles. The van der Waals surface area contributed by atoms with E-state index in [9.17, 15) is 10.1 Å². The molecule has 0 atom stereocenters. The molecule has 0 spiro atoms. The molecule has 0 radical (unpaired) electrons. The van der Waals surface area contributed by atoms with E-state index in [0.29, 0.717) is 5.56 Å². The van der Waals surface area contributed by atoms with Crippen LogP contribution in [0.25, 0.3) is 0 Å². The van der Waals surface area contributed by atoms with E-state index < -0.39 is 18.3 Å². The maximum Gasteiger partial charge on any atom is 0.494 e. The maximum atomic E-state index is 10.0. The second-order valence-corrected chi connectivity index (χ2v) is 5.11. The van der Waals surface area contributed by atoms with E-state index in [4.69, 9.17) is 9.92 Å². The van der Waals surface area contributed by atoms with Crippen LogP contribution in [0.4, 0.5) is 0 Å². The lowest BCUT2D eigenvalue weighted by Gasteiger charge is -2.38. The molecule has 0 fully saturated rings. The summed E-state index contributed by atoms with van der Waals surface area (Å²) in [5.41, 5.74) is -1.53.